The molecule has 8 heteroatoms. The SMILES string of the molecule is CCN(CC(=O)NCCc1ccc(OC(F)F)cc1)CC1COc2ccccc2O1. The van der Waals surface area contributed by atoms with Crippen LogP contribution in [0.25, 0.3) is 0 Å². The van der Waals surface area contributed by atoms with Crippen molar-refractivity contribution in [2.75, 3.05) is 32.8 Å². The number of ether oxygens (including phenoxy) is 3. The summed E-state index contributed by atoms with van der Waals surface area (Å²) in [5.41, 5.74) is 0.927. The molecule has 1 amide bonds. The van der Waals surface area contributed by atoms with Gasteiger partial charge in [-0.3, -0.25) is 9.69 Å². The third kappa shape index (κ3) is 6.59. The summed E-state index contributed by atoms with van der Waals surface area (Å²) in [6.45, 7) is 1.62. The average molecular weight is 420 g/mol. The second-order valence-electron chi connectivity index (χ2n) is 6.95. The van der Waals surface area contributed by atoms with E-state index in [0.29, 0.717) is 32.7 Å². The average Bonchev–Trinajstić information content (AvgIpc) is 2.74. The van der Waals surface area contributed by atoms with Crippen LogP contribution in [0.5, 0.6) is 17.2 Å². The standard InChI is InChI=1S/C22H26F2N2O4/c1-2-26(13-18-15-28-19-5-3-4-6-20(19)29-18)14-21(27)25-12-11-16-7-9-17(10-8-16)30-22(23)24/h3-10,18,22H,2,11-15H2,1H3,(H,25,27). The number of nitrogens with zero attached hydrogens (tertiary/aromatic N) is 1. The molecule has 0 bridgehead atoms. The summed E-state index contributed by atoms with van der Waals surface area (Å²) in [6.07, 6.45) is 0.463. The molecule has 1 aliphatic rings. The first-order valence-corrected chi connectivity index (χ1v) is 9.94. The summed E-state index contributed by atoms with van der Waals surface area (Å²) in [5, 5.41) is 2.89. The molecule has 0 radical (unpaired) electrons. The molecule has 0 spiro atoms. The Hall–Kier alpha value is -2.87. The minimum Gasteiger partial charge on any atom is -0.486 e. The number of carbonyl (C=O) groups excluding carboxylic acids is 1. The monoisotopic (exact) mass is 420 g/mol. The number of carbonyl (C=O) groups is 1. The van der Waals surface area contributed by atoms with Crippen molar-refractivity contribution in [2.24, 2.45) is 0 Å². The summed E-state index contributed by atoms with van der Waals surface area (Å²) < 4.78 is 40.4. The first-order valence-electron chi connectivity index (χ1n) is 9.94. The van der Waals surface area contributed by atoms with E-state index in [2.05, 4.69) is 10.1 Å². The highest BCUT2D eigenvalue weighted by Gasteiger charge is 2.23. The maximum atomic E-state index is 12.3. The van der Waals surface area contributed by atoms with E-state index in [9.17, 15) is 13.6 Å². The number of nitrogens with one attached hydrogen (secondary N) is 1. The fourth-order valence-corrected chi connectivity index (χ4v) is 3.19. The van der Waals surface area contributed by atoms with Crippen LogP contribution in [0, 0.1) is 0 Å². The zero-order chi connectivity index (χ0) is 21.3. The zero-order valence-electron chi connectivity index (χ0n) is 16.9. The van der Waals surface area contributed by atoms with Gasteiger partial charge >= 0.3 is 6.61 Å². The Morgan fingerprint density at radius 1 is 1.20 bits per heavy atom. The van der Waals surface area contributed by atoms with Gasteiger partial charge in [0.2, 0.25) is 5.91 Å². The molecule has 2 aromatic rings. The molecule has 0 saturated carbocycles. The Kier molecular flexibility index (Phi) is 7.84. The molecule has 1 heterocycles. The Labute approximate surface area is 174 Å². The second kappa shape index (κ2) is 10.8. The van der Waals surface area contributed by atoms with Crippen molar-refractivity contribution >= 4 is 5.91 Å². The number of likely N-dealkylation sites (N-methyl/N-ethyl adjacent to an activating group) is 1. The topological polar surface area (TPSA) is 60.0 Å². The summed E-state index contributed by atoms with van der Waals surface area (Å²) in [5.74, 6) is 1.50. The van der Waals surface area contributed by atoms with E-state index in [1.54, 1.807) is 12.1 Å². The minimum absolute atomic E-state index is 0.0772. The summed E-state index contributed by atoms with van der Waals surface area (Å²) in [6, 6.07) is 13.9. The molecule has 6 nitrogen and oxygen atoms in total. The predicted molar refractivity (Wildman–Crippen MR) is 108 cm³/mol. The van der Waals surface area contributed by atoms with E-state index < -0.39 is 6.61 Å². The number of fused-ring (bicyclic) bond motifs is 1. The predicted octanol–water partition coefficient (Wildman–Crippen LogP) is 3.11. The Morgan fingerprint density at radius 2 is 1.93 bits per heavy atom. The van der Waals surface area contributed by atoms with Crippen LogP contribution in [0.1, 0.15) is 12.5 Å². The third-order valence-corrected chi connectivity index (χ3v) is 4.73. The lowest BCUT2D eigenvalue weighted by atomic mass is 10.1. The van der Waals surface area contributed by atoms with Crippen molar-refractivity contribution in [1.82, 2.24) is 10.2 Å². The van der Waals surface area contributed by atoms with Crippen molar-refractivity contribution in [3.8, 4) is 17.2 Å². The summed E-state index contributed by atoms with van der Waals surface area (Å²) >= 11 is 0. The van der Waals surface area contributed by atoms with Crippen molar-refractivity contribution < 1.29 is 27.8 Å². The lowest BCUT2D eigenvalue weighted by Crippen LogP contribution is -2.45. The van der Waals surface area contributed by atoms with E-state index in [-0.39, 0.29) is 24.3 Å². The number of amides is 1. The van der Waals surface area contributed by atoms with Crippen LogP contribution in [0.15, 0.2) is 48.5 Å². The van der Waals surface area contributed by atoms with Gasteiger partial charge in [0.1, 0.15) is 18.5 Å². The first kappa shape index (κ1) is 21.8. The Morgan fingerprint density at radius 3 is 2.63 bits per heavy atom. The number of hydrogen-bond acceptors (Lipinski definition) is 5. The fraction of sp³-hybridized carbons (Fsp3) is 0.409. The summed E-state index contributed by atoms with van der Waals surface area (Å²) in [4.78, 5) is 14.3. The molecular weight excluding hydrogens is 394 g/mol. The normalized spacial score (nSPS) is 15.3. The highest BCUT2D eigenvalue weighted by atomic mass is 19.3. The number of benzene rings is 2. The van der Waals surface area contributed by atoms with E-state index in [1.165, 1.54) is 12.1 Å². The summed E-state index contributed by atoms with van der Waals surface area (Å²) in [7, 11) is 0. The molecule has 0 saturated heterocycles. The van der Waals surface area contributed by atoms with Crippen molar-refractivity contribution in [3.63, 3.8) is 0 Å². The lowest BCUT2D eigenvalue weighted by Gasteiger charge is -2.30. The number of hydrogen-bond donors (Lipinski definition) is 1. The maximum Gasteiger partial charge on any atom is 0.387 e. The van der Waals surface area contributed by atoms with Gasteiger partial charge in [-0.05, 0) is 42.8 Å². The Balaban J connectivity index is 1.39. The number of alkyl halides is 2. The number of rotatable bonds is 10. The van der Waals surface area contributed by atoms with Crippen LogP contribution in [-0.4, -0.2) is 56.3 Å². The highest BCUT2D eigenvalue weighted by molar-refractivity contribution is 5.78. The van der Waals surface area contributed by atoms with Gasteiger partial charge < -0.3 is 19.5 Å². The molecule has 1 N–H and O–H groups in total. The molecular formula is C22H26F2N2O4. The molecule has 1 aliphatic heterocycles. The van der Waals surface area contributed by atoms with Crippen molar-refractivity contribution in [1.29, 1.82) is 0 Å². The molecule has 30 heavy (non-hydrogen) atoms. The molecule has 0 aliphatic carbocycles. The molecule has 1 atom stereocenters. The van der Waals surface area contributed by atoms with Gasteiger partial charge in [0.15, 0.2) is 11.5 Å². The minimum atomic E-state index is -2.84. The highest BCUT2D eigenvalue weighted by Crippen LogP contribution is 2.30. The van der Waals surface area contributed by atoms with Crippen molar-refractivity contribution in [3.05, 3.63) is 54.1 Å². The number of para-hydroxylation sites is 2. The van der Waals surface area contributed by atoms with Gasteiger partial charge in [0.05, 0.1) is 6.54 Å². The fourth-order valence-electron chi connectivity index (χ4n) is 3.19. The number of halogens is 2. The Bertz CT molecular complexity index is 817. The third-order valence-electron chi connectivity index (χ3n) is 4.73. The van der Waals surface area contributed by atoms with Crippen molar-refractivity contribution in [2.45, 2.75) is 26.1 Å². The van der Waals surface area contributed by atoms with Crippen LogP contribution in [0.2, 0.25) is 0 Å². The largest absolute Gasteiger partial charge is 0.486 e. The molecule has 0 aromatic heterocycles. The zero-order valence-corrected chi connectivity index (χ0v) is 16.9. The van der Waals surface area contributed by atoms with Gasteiger partial charge in [-0.25, -0.2) is 0 Å². The molecule has 3 rings (SSSR count). The van der Waals surface area contributed by atoms with Crippen LogP contribution >= 0.6 is 0 Å². The van der Waals surface area contributed by atoms with Gasteiger partial charge in [0.25, 0.3) is 0 Å². The smallest absolute Gasteiger partial charge is 0.387 e. The molecule has 2 aromatic carbocycles. The quantitative estimate of drug-likeness (QED) is 0.640. The van der Waals surface area contributed by atoms with Crippen LogP contribution in [0.3, 0.4) is 0 Å². The van der Waals surface area contributed by atoms with E-state index in [0.717, 1.165) is 17.1 Å². The van der Waals surface area contributed by atoms with E-state index in [4.69, 9.17) is 9.47 Å². The van der Waals surface area contributed by atoms with E-state index in [1.807, 2.05) is 36.1 Å². The van der Waals surface area contributed by atoms with E-state index >= 15 is 0 Å². The van der Waals surface area contributed by atoms with Gasteiger partial charge in [0, 0.05) is 13.1 Å². The lowest BCUT2D eigenvalue weighted by molar-refractivity contribution is -0.122. The molecule has 0 fully saturated rings. The van der Waals surface area contributed by atoms with Crippen LogP contribution < -0.4 is 19.5 Å². The van der Waals surface area contributed by atoms with Gasteiger partial charge in [-0.2, -0.15) is 8.78 Å². The van der Waals surface area contributed by atoms with Gasteiger partial charge in [-0.1, -0.05) is 31.2 Å². The second-order valence-corrected chi connectivity index (χ2v) is 6.95. The molecule has 1 unspecified atom stereocenters. The van der Waals surface area contributed by atoms with Crippen LogP contribution in [-0.2, 0) is 11.2 Å². The first-order chi connectivity index (χ1) is 14.5. The molecule has 162 valence electrons. The maximum absolute atomic E-state index is 12.3. The van der Waals surface area contributed by atoms with Gasteiger partial charge in [-0.15, -0.1) is 0 Å². The van der Waals surface area contributed by atoms with Crippen LogP contribution in [0.4, 0.5) is 8.78 Å².